The molecule has 0 N–H and O–H groups in total. The van der Waals surface area contributed by atoms with Gasteiger partial charge in [-0.3, -0.25) is 0 Å². The summed E-state index contributed by atoms with van der Waals surface area (Å²) in [6.07, 6.45) is 6.12. The second-order valence-electron chi connectivity index (χ2n) is 8.12. The summed E-state index contributed by atoms with van der Waals surface area (Å²) < 4.78 is 6.78. The van der Waals surface area contributed by atoms with Crippen molar-refractivity contribution in [3.8, 4) is 0 Å². The van der Waals surface area contributed by atoms with Crippen LogP contribution in [0.2, 0.25) is 18.1 Å². The van der Waals surface area contributed by atoms with Crippen molar-refractivity contribution in [2.24, 2.45) is 5.92 Å². The number of aldehydes is 1. The van der Waals surface area contributed by atoms with Crippen LogP contribution in [0.5, 0.6) is 0 Å². The Morgan fingerprint density at radius 3 is 2.35 bits per heavy atom. The molecule has 1 aliphatic carbocycles. The fraction of sp³-hybridized carbons (Fsp3) is 0.550. The van der Waals surface area contributed by atoms with Gasteiger partial charge in [0, 0.05) is 5.92 Å². The lowest BCUT2D eigenvalue weighted by Crippen LogP contribution is -2.42. The molecule has 126 valence electrons. The molecular formula is C20H30O2Si. The van der Waals surface area contributed by atoms with Crippen LogP contribution in [0.3, 0.4) is 0 Å². The number of carbonyl (C=O) groups is 1. The van der Waals surface area contributed by atoms with Crippen molar-refractivity contribution in [3.05, 3.63) is 47.5 Å². The van der Waals surface area contributed by atoms with Gasteiger partial charge < -0.3 is 9.22 Å². The maximum absolute atomic E-state index is 11.0. The number of hydrogen-bond acceptors (Lipinski definition) is 2. The lowest BCUT2D eigenvalue weighted by molar-refractivity contribution is -0.111. The minimum absolute atomic E-state index is 0.0321. The van der Waals surface area contributed by atoms with Crippen molar-refractivity contribution in [1.29, 1.82) is 0 Å². The van der Waals surface area contributed by atoms with Crippen LogP contribution in [0, 0.1) is 5.92 Å². The highest BCUT2D eigenvalue weighted by Crippen LogP contribution is 2.43. The Hall–Kier alpha value is -1.19. The van der Waals surface area contributed by atoms with E-state index in [4.69, 9.17) is 4.43 Å². The molecule has 0 saturated carbocycles. The van der Waals surface area contributed by atoms with Gasteiger partial charge in [0.15, 0.2) is 8.32 Å². The quantitative estimate of drug-likeness (QED) is 0.395. The van der Waals surface area contributed by atoms with E-state index in [0.717, 1.165) is 25.5 Å². The molecule has 0 spiro atoms. The summed E-state index contributed by atoms with van der Waals surface area (Å²) in [4.78, 5) is 11.0. The Morgan fingerprint density at radius 2 is 1.87 bits per heavy atom. The highest BCUT2D eigenvalue weighted by atomic mass is 28.4. The Labute approximate surface area is 142 Å². The summed E-state index contributed by atoms with van der Waals surface area (Å²) >= 11 is 0. The molecule has 0 aliphatic heterocycles. The largest absolute Gasteiger partial charge is 0.406 e. The van der Waals surface area contributed by atoms with Crippen molar-refractivity contribution in [3.63, 3.8) is 0 Å². The molecule has 2 atom stereocenters. The molecular weight excluding hydrogens is 300 g/mol. The lowest BCUT2D eigenvalue weighted by atomic mass is 9.86. The molecule has 0 radical (unpaired) electrons. The molecule has 23 heavy (non-hydrogen) atoms. The van der Waals surface area contributed by atoms with Crippen LogP contribution in [-0.4, -0.2) is 14.6 Å². The Morgan fingerprint density at radius 1 is 1.22 bits per heavy atom. The first kappa shape index (κ1) is 18.1. The third-order valence-electron chi connectivity index (χ3n) is 5.34. The molecule has 0 bridgehead atoms. The van der Waals surface area contributed by atoms with E-state index in [1.807, 2.05) is 6.07 Å². The smallest absolute Gasteiger partial charge is 0.193 e. The van der Waals surface area contributed by atoms with Crippen molar-refractivity contribution < 1.29 is 9.22 Å². The van der Waals surface area contributed by atoms with Crippen molar-refractivity contribution in [2.75, 3.05) is 0 Å². The monoisotopic (exact) mass is 330 g/mol. The van der Waals surface area contributed by atoms with Crippen LogP contribution in [-0.2, 0) is 9.22 Å². The van der Waals surface area contributed by atoms with Crippen LogP contribution >= 0.6 is 0 Å². The first-order valence-electron chi connectivity index (χ1n) is 8.61. The normalized spacial score (nSPS) is 20.7. The molecule has 1 aromatic carbocycles. The van der Waals surface area contributed by atoms with E-state index in [2.05, 4.69) is 64.2 Å². The lowest BCUT2D eigenvalue weighted by Gasteiger charge is -2.40. The molecule has 3 heteroatoms. The third-order valence-corrected chi connectivity index (χ3v) is 9.77. The Kier molecular flexibility index (Phi) is 5.64. The van der Waals surface area contributed by atoms with E-state index in [9.17, 15) is 4.79 Å². The van der Waals surface area contributed by atoms with Crippen LogP contribution in [0.1, 0.15) is 51.7 Å². The molecule has 0 fully saturated rings. The Bertz CT molecular complexity index is 555. The van der Waals surface area contributed by atoms with Crippen molar-refractivity contribution >= 4 is 14.6 Å². The topological polar surface area (TPSA) is 26.3 Å². The Balaban J connectivity index is 2.31. The molecule has 1 aliphatic rings. The predicted molar refractivity (Wildman–Crippen MR) is 99.0 cm³/mol. The summed E-state index contributed by atoms with van der Waals surface area (Å²) in [5.74, 6) is 0.183. The van der Waals surface area contributed by atoms with Gasteiger partial charge in [0.1, 0.15) is 6.29 Å². The second-order valence-corrected chi connectivity index (χ2v) is 12.9. The molecule has 0 saturated heterocycles. The number of rotatable bonds is 5. The second kappa shape index (κ2) is 7.14. The van der Waals surface area contributed by atoms with E-state index < -0.39 is 8.32 Å². The standard InChI is InChI=1S/C20H30O2Si/c1-20(2,3)23(4,5)22-19(17-9-7-6-8-10-17)18-13-11-16(15-21)12-14-18/h6-10,13,15-16,19H,11-12,14H2,1-5H3/t16-,19-/m0/s1. The zero-order valence-electron chi connectivity index (χ0n) is 15.1. The molecule has 0 heterocycles. The van der Waals surface area contributed by atoms with Crippen LogP contribution in [0.25, 0.3) is 0 Å². The van der Waals surface area contributed by atoms with Crippen LogP contribution in [0.15, 0.2) is 42.0 Å². The summed E-state index contributed by atoms with van der Waals surface area (Å²) in [6, 6.07) is 10.5. The minimum atomic E-state index is -1.87. The fourth-order valence-electron chi connectivity index (χ4n) is 2.69. The van der Waals surface area contributed by atoms with Gasteiger partial charge in [-0.1, -0.05) is 57.2 Å². The molecule has 0 unspecified atom stereocenters. The number of allylic oxidation sites excluding steroid dienone is 1. The number of hydrogen-bond donors (Lipinski definition) is 0. The van der Waals surface area contributed by atoms with E-state index in [1.165, 1.54) is 11.1 Å². The highest BCUT2D eigenvalue weighted by Gasteiger charge is 2.40. The SMILES string of the molecule is CC(C)(C)[Si](C)(C)O[C@H](C1=CC[C@H](C=O)CC1)c1ccccc1. The third kappa shape index (κ3) is 4.42. The maximum atomic E-state index is 11.0. The van der Waals surface area contributed by atoms with Gasteiger partial charge in [0.05, 0.1) is 6.10 Å². The molecule has 0 amide bonds. The van der Waals surface area contributed by atoms with Gasteiger partial charge in [-0.25, -0.2) is 0 Å². The molecule has 2 rings (SSSR count). The first-order chi connectivity index (χ1) is 10.7. The first-order valence-corrected chi connectivity index (χ1v) is 11.5. The average molecular weight is 331 g/mol. The summed E-state index contributed by atoms with van der Waals surface area (Å²) in [5, 5.41) is 0.181. The van der Waals surface area contributed by atoms with Crippen molar-refractivity contribution in [2.45, 2.75) is 64.3 Å². The van der Waals surface area contributed by atoms with Crippen LogP contribution < -0.4 is 0 Å². The average Bonchev–Trinajstić information content (AvgIpc) is 2.52. The van der Waals surface area contributed by atoms with Crippen molar-refractivity contribution in [1.82, 2.24) is 0 Å². The van der Waals surface area contributed by atoms with Gasteiger partial charge in [-0.2, -0.15) is 0 Å². The molecule has 2 nitrogen and oxygen atoms in total. The zero-order valence-corrected chi connectivity index (χ0v) is 16.1. The summed E-state index contributed by atoms with van der Waals surface area (Å²) in [7, 11) is -1.87. The predicted octanol–water partition coefficient (Wildman–Crippen LogP) is 5.67. The summed E-state index contributed by atoms with van der Waals surface area (Å²) in [6.45, 7) is 11.4. The van der Waals surface area contributed by atoms with E-state index in [-0.39, 0.29) is 17.1 Å². The zero-order chi connectivity index (χ0) is 17.1. The molecule has 1 aromatic rings. The van der Waals surface area contributed by atoms with E-state index in [1.54, 1.807) is 0 Å². The van der Waals surface area contributed by atoms with Gasteiger partial charge in [-0.15, -0.1) is 0 Å². The van der Waals surface area contributed by atoms with Gasteiger partial charge in [0.2, 0.25) is 0 Å². The number of carbonyl (C=O) groups excluding carboxylic acids is 1. The fourth-order valence-corrected chi connectivity index (χ4v) is 3.92. The minimum Gasteiger partial charge on any atom is -0.406 e. The van der Waals surface area contributed by atoms with Gasteiger partial charge >= 0.3 is 0 Å². The van der Waals surface area contributed by atoms with E-state index >= 15 is 0 Å². The maximum Gasteiger partial charge on any atom is 0.193 e. The van der Waals surface area contributed by atoms with Crippen LogP contribution in [0.4, 0.5) is 0 Å². The van der Waals surface area contributed by atoms with E-state index in [0.29, 0.717) is 0 Å². The summed E-state index contributed by atoms with van der Waals surface area (Å²) in [5.41, 5.74) is 2.58. The number of benzene rings is 1. The molecule has 0 aromatic heterocycles. The highest BCUT2D eigenvalue weighted by molar-refractivity contribution is 6.74. The van der Waals surface area contributed by atoms with Gasteiger partial charge in [0.25, 0.3) is 0 Å². The van der Waals surface area contributed by atoms with Gasteiger partial charge in [-0.05, 0) is 48.5 Å².